The van der Waals surface area contributed by atoms with Crippen molar-refractivity contribution in [3.05, 3.63) is 23.2 Å². The molecule has 5 heteroatoms. The van der Waals surface area contributed by atoms with E-state index in [9.17, 15) is 0 Å². The van der Waals surface area contributed by atoms with Crippen LogP contribution in [0.1, 0.15) is 13.8 Å². The Hall–Kier alpha value is -0.705. The molecule has 0 spiro atoms. The quantitative estimate of drug-likeness (QED) is 0.702. The van der Waals surface area contributed by atoms with Crippen LogP contribution in [0, 0.1) is 0 Å². The van der Waals surface area contributed by atoms with E-state index in [1.165, 1.54) is 0 Å². The van der Waals surface area contributed by atoms with Crippen molar-refractivity contribution in [2.45, 2.75) is 20.0 Å². The first-order valence-corrected chi connectivity index (χ1v) is 4.19. The van der Waals surface area contributed by atoms with Crippen LogP contribution in [-0.2, 0) is 0 Å². The van der Waals surface area contributed by atoms with Crippen molar-refractivity contribution in [1.29, 1.82) is 0 Å². The van der Waals surface area contributed by atoms with Crippen LogP contribution < -0.4 is 10.2 Å². The summed E-state index contributed by atoms with van der Waals surface area (Å²) in [4.78, 5) is 0. The summed E-state index contributed by atoms with van der Waals surface area (Å²) in [7, 11) is 5.52. The van der Waals surface area contributed by atoms with Crippen LogP contribution in [0.15, 0.2) is 18.2 Å². The van der Waals surface area contributed by atoms with Crippen LogP contribution in [0.5, 0.6) is 5.75 Å². The van der Waals surface area contributed by atoms with Crippen LogP contribution in [0.4, 0.5) is 0 Å². The molecule has 0 heterocycles. The van der Waals surface area contributed by atoms with Gasteiger partial charge in [0.25, 0.3) is 0 Å². The molecule has 0 aliphatic carbocycles. The molecule has 0 aliphatic heterocycles. The summed E-state index contributed by atoms with van der Waals surface area (Å²) in [6, 6.07) is 5.22. The maximum absolute atomic E-state index is 5.87. The Labute approximate surface area is 90.1 Å². The van der Waals surface area contributed by atoms with E-state index < -0.39 is 0 Å². The standard InChI is InChI=1S/C9H10BClO.2H2O/c1-6(2)12-9-4-3-7(10)5-8(9)11;;/h3-6H,1-2H3;2*1H2/q+2;;/p-2. The third-order valence-corrected chi connectivity index (χ3v) is 1.61. The minimum absolute atomic E-state index is 0. The molecule has 0 saturated heterocycles. The van der Waals surface area contributed by atoms with Gasteiger partial charge in [0.05, 0.1) is 0 Å². The molecular formula is C9H12BClO3. The van der Waals surface area contributed by atoms with Crippen molar-refractivity contribution in [3.63, 3.8) is 0 Å². The zero-order valence-corrected chi connectivity index (χ0v) is 8.82. The van der Waals surface area contributed by atoms with E-state index >= 15 is 0 Å². The third-order valence-electron chi connectivity index (χ3n) is 1.32. The summed E-state index contributed by atoms with van der Waals surface area (Å²) in [6.07, 6.45) is 0.131. The Morgan fingerprint density at radius 2 is 1.86 bits per heavy atom. The van der Waals surface area contributed by atoms with E-state index in [1.807, 2.05) is 13.8 Å². The smallest absolute Gasteiger partial charge is 0.870 e. The molecule has 0 amide bonds. The summed E-state index contributed by atoms with van der Waals surface area (Å²) in [6.45, 7) is 3.90. The molecule has 0 aliphatic rings. The van der Waals surface area contributed by atoms with Gasteiger partial charge in [0, 0.05) is 0 Å². The summed E-state index contributed by atoms with van der Waals surface area (Å²) in [5.74, 6) is 0.681. The molecule has 2 N–H and O–H groups in total. The van der Waals surface area contributed by atoms with Crippen molar-refractivity contribution in [3.8, 4) is 5.75 Å². The zero-order chi connectivity index (χ0) is 9.14. The predicted octanol–water partition coefficient (Wildman–Crippen LogP) is 1.57. The number of halogens is 1. The molecule has 0 atom stereocenters. The number of ether oxygens (including phenoxy) is 1. The Balaban J connectivity index is 0. The normalized spacial score (nSPS) is 9.00. The van der Waals surface area contributed by atoms with Crippen molar-refractivity contribution in [2.75, 3.05) is 0 Å². The van der Waals surface area contributed by atoms with Gasteiger partial charge in [0.15, 0.2) is 0 Å². The molecule has 76 valence electrons. The van der Waals surface area contributed by atoms with E-state index in [1.54, 1.807) is 18.2 Å². The Morgan fingerprint density at radius 3 is 2.29 bits per heavy atom. The second-order valence-electron chi connectivity index (χ2n) is 2.86. The topological polar surface area (TPSA) is 69.2 Å². The fourth-order valence-corrected chi connectivity index (χ4v) is 1.10. The Kier molecular flexibility index (Phi) is 7.54. The van der Waals surface area contributed by atoms with Crippen LogP contribution in [0.3, 0.4) is 0 Å². The van der Waals surface area contributed by atoms with Crippen LogP contribution in [-0.4, -0.2) is 24.9 Å². The van der Waals surface area contributed by atoms with Gasteiger partial charge in [-0.05, 0) is 0 Å². The molecule has 1 aromatic rings. The van der Waals surface area contributed by atoms with Gasteiger partial charge >= 0.3 is 78.6 Å². The van der Waals surface area contributed by atoms with E-state index in [4.69, 9.17) is 24.2 Å². The average Bonchev–Trinajstić information content (AvgIpc) is 1.94. The number of rotatable bonds is 2. The summed E-state index contributed by atoms with van der Waals surface area (Å²) in [5, 5.41) is 0.559. The second-order valence-corrected chi connectivity index (χ2v) is 3.26. The Bertz CT molecular complexity index is 279. The van der Waals surface area contributed by atoms with Gasteiger partial charge in [-0.15, -0.1) is 0 Å². The number of hydrogen-bond donors (Lipinski definition) is 0. The summed E-state index contributed by atoms with van der Waals surface area (Å²) in [5.41, 5.74) is 0.649. The molecule has 0 unspecified atom stereocenters. The maximum atomic E-state index is 5.87. The number of benzene rings is 1. The fraction of sp³-hybridized carbons (Fsp3) is 0.333. The van der Waals surface area contributed by atoms with Crippen LogP contribution in [0.2, 0.25) is 5.02 Å². The minimum atomic E-state index is 0. The minimum Gasteiger partial charge on any atom is -0.870 e. The van der Waals surface area contributed by atoms with E-state index in [0.29, 0.717) is 16.2 Å². The van der Waals surface area contributed by atoms with E-state index in [-0.39, 0.29) is 17.1 Å². The van der Waals surface area contributed by atoms with Gasteiger partial charge in [-0.3, -0.25) is 0 Å². The molecule has 0 aromatic heterocycles. The molecular weight excluding hydrogens is 202 g/mol. The third kappa shape index (κ3) is 4.51. The summed E-state index contributed by atoms with van der Waals surface area (Å²) >= 11 is 5.87. The van der Waals surface area contributed by atoms with Crippen molar-refractivity contribution in [2.24, 2.45) is 0 Å². The van der Waals surface area contributed by atoms with Crippen molar-refractivity contribution < 1.29 is 15.7 Å². The van der Waals surface area contributed by atoms with Gasteiger partial charge in [0.1, 0.15) is 0 Å². The van der Waals surface area contributed by atoms with Gasteiger partial charge in [0.2, 0.25) is 0 Å². The molecule has 0 bridgehead atoms. The molecule has 0 radical (unpaired) electrons. The zero-order valence-electron chi connectivity index (χ0n) is 8.07. The SMILES string of the molecule is [B+2]c1ccc(OC(C)C)c(Cl)c1.[OH-].[OH-]. The Morgan fingerprint density at radius 1 is 1.29 bits per heavy atom. The molecule has 0 fully saturated rings. The van der Waals surface area contributed by atoms with Crippen molar-refractivity contribution in [1.82, 2.24) is 0 Å². The van der Waals surface area contributed by atoms with Gasteiger partial charge in [-0.1, -0.05) is 0 Å². The van der Waals surface area contributed by atoms with E-state index in [2.05, 4.69) is 0 Å². The second kappa shape index (κ2) is 6.70. The first-order chi connectivity index (χ1) is 5.59. The van der Waals surface area contributed by atoms with E-state index in [0.717, 1.165) is 0 Å². The van der Waals surface area contributed by atoms with Crippen LogP contribution in [0.25, 0.3) is 0 Å². The largest absolute Gasteiger partial charge is 0.870 e. The molecule has 14 heavy (non-hydrogen) atoms. The van der Waals surface area contributed by atoms with Gasteiger partial charge < -0.3 is 11.0 Å². The van der Waals surface area contributed by atoms with Gasteiger partial charge in [-0.2, -0.15) is 0 Å². The fourth-order valence-electron chi connectivity index (χ4n) is 0.867. The average molecular weight is 214 g/mol. The maximum Gasteiger partial charge on any atom is -0.870 e. The molecule has 3 nitrogen and oxygen atoms in total. The first kappa shape index (κ1) is 15.8. The predicted molar refractivity (Wildman–Crippen MR) is 56.5 cm³/mol. The monoisotopic (exact) mass is 214 g/mol. The number of hydrogen-bond acceptors (Lipinski definition) is 3. The van der Waals surface area contributed by atoms with Crippen molar-refractivity contribution >= 4 is 24.9 Å². The first-order valence-electron chi connectivity index (χ1n) is 3.81. The molecule has 0 saturated carbocycles. The summed E-state index contributed by atoms with van der Waals surface area (Å²) < 4.78 is 5.41. The molecule has 1 aromatic carbocycles. The van der Waals surface area contributed by atoms with Crippen LogP contribution >= 0.6 is 11.6 Å². The van der Waals surface area contributed by atoms with Gasteiger partial charge in [-0.25, -0.2) is 0 Å². The molecule has 1 rings (SSSR count).